The van der Waals surface area contributed by atoms with Crippen LogP contribution in [0.2, 0.25) is 5.02 Å². The zero-order valence-electron chi connectivity index (χ0n) is 13.3. The Morgan fingerprint density at radius 3 is 2.54 bits per heavy atom. The normalized spacial score (nSPS) is 10.6. The largest absolute Gasteiger partial charge is 0.323 e. The number of halogens is 1. The van der Waals surface area contributed by atoms with Gasteiger partial charge in [0.15, 0.2) is 0 Å². The third-order valence-corrected chi connectivity index (χ3v) is 3.80. The van der Waals surface area contributed by atoms with Crippen LogP contribution in [0.1, 0.15) is 17.0 Å². The van der Waals surface area contributed by atoms with Gasteiger partial charge >= 0.3 is 0 Å². The van der Waals surface area contributed by atoms with E-state index in [1.165, 1.54) is 0 Å². The van der Waals surface area contributed by atoms with E-state index >= 15 is 0 Å². The zero-order valence-corrected chi connectivity index (χ0v) is 14.1. The molecule has 0 bridgehead atoms. The molecule has 0 aliphatic rings. The highest BCUT2D eigenvalue weighted by Crippen LogP contribution is 2.16. The van der Waals surface area contributed by atoms with Gasteiger partial charge in [-0.25, -0.2) is 14.6 Å². The van der Waals surface area contributed by atoms with Crippen LogP contribution in [-0.4, -0.2) is 25.7 Å². The third kappa shape index (κ3) is 3.60. The summed E-state index contributed by atoms with van der Waals surface area (Å²) in [5.74, 6) is 0.287. The van der Waals surface area contributed by atoms with Gasteiger partial charge in [0.2, 0.25) is 5.91 Å². The number of amides is 1. The fourth-order valence-corrected chi connectivity index (χ4v) is 2.55. The van der Waals surface area contributed by atoms with Crippen LogP contribution in [0.15, 0.2) is 42.7 Å². The first kappa shape index (κ1) is 16.1. The van der Waals surface area contributed by atoms with Crippen molar-refractivity contribution in [1.29, 1.82) is 0 Å². The molecule has 0 spiro atoms. The number of nitrogens with one attached hydrogen (secondary N) is 1. The lowest BCUT2D eigenvalue weighted by Gasteiger charge is -2.07. The van der Waals surface area contributed by atoms with E-state index in [-0.39, 0.29) is 12.3 Å². The molecule has 122 valence electrons. The summed E-state index contributed by atoms with van der Waals surface area (Å²) < 4.78 is 1.66. The summed E-state index contributed by atoms with van der Waals surface area (Å²) in [4.78, 5) is 20.6. The lowest BCUT2D eigenvalue weighted by Crippen LogP contribution is -2.15. The van der Waals surface area contributed by atoms with Crippen molar-refractivity contribution in [2.24, 2.45) is 0 Å². The predicted octanol–water partition coefficient (Wildman–Crippen LogP) is 3.11. The molecule has 2 aromatic heterocycles. The van der Waals surface area contributed by atoms with Crippen LogP contribution in [0.25, 0.3) is 5.95 Å². The Balaban J connectivity index is 1.69. The molecule has 0 saturated heterocycles. The molecule has 6 nitrogen and oxygen atoms in total. The average Bonchev–Trinajstić information content (AvgIpc) is 2.89. The van der Waals surface area contributed by atoms with Crippen LogP contribution >= 0.6 is 11.6 Å². The number of rotatable bonds is 4. The van der Waals surface area contributed by atoms with Crippen LogP contribution in [0.4, 0.5) is 5.69 Å². The topological polar surface area (TPSA) is 72.7 Å². The summed E-state index contributed by atoms with van der Waals surface area (Å²) in [6.45, 7) is 3.84. The van der Waals surface area contributed by atoms with Gasteiger partial charge in [-0.1, -0.05) is 29.8 Å². The third-order valence-electron chi connectivity index (χ3n) is 3.43. The van der Waals surface area contributed by atoms with E-state index in [1.807, 2.05) is 38.1 Å². The molecular weight excluding hydrogens is 326 g/mol. The highest BCUT2D eigenvalue weighted by atomic mass is 35.5. The second-order valence-corrected chi connectivity index (χ2v) is 5.83. The van der Waals surface area contributed by atoms with Gasteiger partial charge in [0.25, 0.3) is 5.95 Å². The van der Waals surface area contributed by atoms with E-state index in [2.05, 4.69) is 20.4 Å². The van der Waals surface area contributed by atoms with Crippen molar-refractivity contribution >= 4 is 23.2 Å². The molecule has 1 N–H and O–H groups in total. The maximum Gasteiger partial charge on any atom is 0.250 e. The second kappa shape index (κ2) is 6.80. The molecule has 24 heavy (non-hydrogen) atoms. The number of hydrogen-bond acceptors (Lipinski definition) is 4. The van der Waals surface area contributed by atoms with Crippen LogP contribution in [0.3, 0.4) is 0 Å². The summed E-state index contributed by atoms with van der Waals surface area (Å²) in [6.07, 6.45) is 3.31. The monoisotopic (exact) mass is 341 g/mol. The molecule has 3 rings (SSSR count). The lowest BCUT2D eigenvalue weighted by molar-refractivity contribution is -0.115. The number of carbonyl (C=O) groups excluding carboxylic acids is 1. The van der Waals surface area contributed by atoms with Crippen molar-refractivity contribution in [3.63, 3.8) is 0 Å². The molecule has 0 unspecified atom stereocenters. The number of hydrogen-bond donors (Lipinski definition) is 1. The van der Waals surface area contributed by atoms with Crippen LogP contribution < -0.4 is 5.32 Å². The minimum atomic E-state index is -0.175. The van der Waals surface area contributed by atoms with Crippen molar-refractivity contribution in [2.45, 2.75) is 20.3 Å². The minimum Gasteiger partial charge on any atom is -0.323 e. The fraction of sp³-hybridized carbons (Fsp3) is 0.176. The molecular formula is C17H16ClN5O. The average molecular weight is 342 g/mol. The Labute approximate surface area is 144 Å². The maximum atomic E-state index is 12.1. The number of nitrogens with zero attached hydrogens (tertiary/aromatic N) is 4. The standard InChI is InChI=1S/C17H16ClN5O/c1-11-7-12(2)23(22-11)17-19-9-14(10-20-17)21-16(24)8-13-5-3-4-6-15(13)18/h3-7,9-10H,8H2,1-2H3,(H,21,24). The number of aryl methyl sites for hydroxylation is 2. The van der Waals surface area contributed by atoms with Crippen molar-refractivity contribution < 1.29 is 4.79 Å². The van der Waals surface area contributed by atoms with Crippen molar-refractivity contribution in [2.75, 3.05) is 5.32 Å². The van der Waals surface area contributed by atoms with Crippen molar-refractivity contribution in [3.8, 4) is 5.95 Å². The van der Waals surface area contributed by atoms with Gasteiger partial charge in [-0.05, 0) is 31.5 Å². The van der Waals surface area contributed by atoms with E-state index < -0.39 is 0 Å². The first-order valence-corrected chi connectivity index (χ1v) is 7.79. The molecule has 0 atom stereocenters. The molecule has 1 aromatic carbocycles. The molecule has 0 aliphatic heterocycles. The first-order chi connectivity index (χ1) is 11.5. The van der Waals surface area contributed by atoms with Crippen molar-refractivity contribution in [3.05, 3.63) is 64.7 Å². The smallest absolute Gasteiger partial charge is 0.250 e. The molecule has 0 fully saturated rings. The van der Waals surface area contributed by atoms with Gasteiger partial charge in [0, 0.05) is 10.7 Å². The Kier molecular flexibility index (Phi) is 4.57. The number of aromatic nitrogens is 4. The van der Waals surface area contributed by atoms with Gasteiger partial charge in [0.05, 0.1) is 30.2 Å². The van der Waals surface area contributed by atoms with Gasteiger partial charge < -0.3 is 5.32 Å². The van der Waals surface area contributed by atoms with E-state index in [4.69, 9.17) is 11.6 Å². The first-order valence-electron chi connectivity index (χ1n) is 7.42. The number of benzene rings is 1. The molecule has 3 aromatic rings. The van der Waals surface area contributed by atoms with Crippen molar-refractivity contribution in [1.82, 2.24) is 19.7 Å². The Hall–Kier alpha value is -2.73. The molecule has 7 heteroatoms. The fourth-order valence-electron chi connectivity index (χ4n) is 2.35. The van der Waals surface area contributed by atoms with Gasteiger partial charge in [-0.2, -0.15) is 5.10 Å². The van der Waals surface area contributed by atoms with E-state index in [0.29, 0.717) is 16.7 Å². The number of carbonyl (C=O) groups is 1. The molecule has 2 heterocycles. The summed E-state index contributed by atoms with van der Waals surface area (Å²) >= 11 is 6.06. The Morgan fingerprint density at radius 2 is 1.92 bits per heavy atom. The molecule has 0 radical (unpaired) electrons. The van der Waals surface area contributed by atoms with Gasteiger partial charge in [-0.3, -0.25) is 4.79 Å². The highest BCUT2D eigenvalue weighted by molar-refractivity contribution is 6.31. The molecule has 1 amide bonds. The molecule has 0 saturated carbocycles. The van der Waals surface area contributed by atoms with Crippen LogP contribution in [0.5, 0.6) is 0 Å². The SMILES string of the molecule is Cc1cc(C)n(-c2ncc(NC(=O)Cc3ccccc3Cl)cn2)n1. The summed E-state index contributed by atoms with van der Waals surface area (Å²) in [6, 6.07) is 9.21. The van der Waals surface area contributed by atoms with Crippen LogP contribution in [-0.2, 0) is 11.2 Å². The molecule has 0 aliphatic carbocycles. The van der Waals surface area contributed by atoms with E-state index in [0.717, 1.165) is 17.0 Å². The van der Waals surface area contributed by atoms with Crippen LogP contribution in [0, 0.1) is 13.8 Å². The highest BCUT2D eigenvalue weighted by Gasteiger charge is 2.09. The van der Waals surface area contributed by atoms with E-state index in [1.54, 1.807) is 23.1 Å². The zero-order chi connectivity index (χ0) is 17.1. The predicted molar refractivity (Wildman–Crippen MR) is 92.4 cm³/mol. The summed E-state index contributed by atoms with van der Waals surface area (Å²) in [7, 11) is 0. The summed E-state index contributed by atoms with van der Waals surface area (Å²) in [5.41, 5.74) is 3.14. The lowest BCUT2D eigenvalue weighted by atomic mass is 10.1. The minimum absolute atomic E-state index is 0.175. The van der Waals surface area contributed by atoms with Gasteiger partial charge in [0.1, 0.15) is 0 Å². The quantitative estimate of drug-likeness (QED) is 0.791. The second-order valence-electron chi connectivity index (χ2n) is 5.43. The Morgan fingerprint density at radius 1 is 1.21 bits per heavy atom. The number of anilines is 1. The Bertz CT molecular complexity index is 873. The van der Waals surface area contributed by atoms with E-state index in [9.17, 15) is 4.79 Å². The maximum absolute atomic E-state index is 12.1. The summed E-state index contributed by atoms with van der Waals surface area (Å²) in [5, 5.41) is 7.66. The van der Waals surface area contributed by atoms with Gasteiger partial charge in [-0.15, -0.1) is 0 Å².